The molecule has 1 N–H and O–H groups in total. The minimum absolute atomic E-state index is 0.225. The van der Waals surface area contributed by atoms with E-state index in [2.05, 4.69) is 4.90 Å². The summed E-state index contributed by atoms with van der Waals surface area (Å²) in [6, 6.07) is 0.532. The maximum absolute atomic E-state index is 11.5. The lowest BCUT2D eigenvalue weighted by atomic mass is 10.1. The van der Waals surface area contributed by atoms with E-state index in [-0.39, 0.29) is 12.5 Å². The molecule has 1 unspecified atom stereocenters. The van der Waals surface area contributed by atoms with Crippen LogP contribution < -0.4 is 0 Å². The van der Waals surface area contributed by atoms with Crippen molar-refractivity contribution < 1.29 is 9.90 Å². The molecule has 1 heterocycles. The molecule has 2 aliphatic rings. The largest absolute Gasteiger partial charge is 0.395 e. The molecule has 1 atom stereocenters. The number of carbonyl (C=O) groups is 1. The highest BCUT2D eigenvalue weighted by atomic mass is 16.3. The Bertz CT molecular complexity index is 253. The van der Waals surface area contributed by atoms with E-state index in [1.54, 1.807) is 6.92 Å². The summed E-state index contributed by atoms with van der Waals surface area (Å²) < 4.78 is 0. The number of β-amino-alcohol motifs (C(OH)–C–C–N with tert-alkyl or cyclic N) is 1. The Morgan fingerprint density at radius 3 is 2.75 bits per heavy atom. The second-order valence-electron chi connectivity index (χ2n) is 5.08. The Kier molecular flexibility index (Phi) is 3.82. The summed E-state index contributed by atoms with van der Waals surface area (Å²) >= 11 is 0. The molecule has 4 nitrogen and oxygen atoms in total. The predicted octanol–water partition coefficient (Wildman–Crippen LogP) is 0.311. The minimum atomic E-state index is 0.225. The fourth-order valence-corrected chi connectivity index (χ4v) is 2.61. The van der Waals surface area contributed by atoms with E-state index in [0.29, 0.717) is 12.0 Å². The molecule has 0 aromatic carbocycles. The average molecular weight is 226 g/mol. The summed E-state index contributed by atoms with van der Waals surface area (Å²) in [6.07, 6.45) is 3.54. The lowest BCUT2D eigenvalue weighted by Gasteiger charge is -2.24. The number of aliphatic hydroxyl groups is 1. The molecule has 1 aliphatic carbocycles. The first-order valence-corrected chi connectivity index (χ1v) is 6.31. The summed E-state index contributed by atoms with van der Waals surface area (Å²) in [5.41, 5.74) is 0. The van der Waals surface area contributed by atoms with Crippen LogP contribution in [0.5, 0.6) is 0 Å². The van der Waals surface area contributed by atoms with Gasteiger partial charge in [-0.2, -0.15) is 0 Å². The average Bonchev–Trinajstić information content (AvgIpc) is 2.97. The van der Waals surface area contributed by atoms with Crippen LogP contribution in [0.15, 0.2) is 0 Å². The van der Waals surface area contributed by atoms with E-state index in [4.69, 9.17) is 5.11 Å². The number of nitrogens with zero attached hydrogens (tertiary/aromatic N) is 2. The highest BCUT2D eigenvalue weighted by molar-refractivity contribution is 5.74. The van der Waals surface area contributed by atoms with Crippen molar-refractivity contribution in [1.82, 2.24) is 9.80 Å². The molecule has 16 heavy (non-hydrogen) atoms. The molecular formula is C12H22N2O2. The first-order chi connectivity index (χ1) is 7.70. The van der Waals surface area contributed by atoms with Crippen molar-refractivity contribution in [2.75, 3.05) is 32.8 Å². The van der Waals surface area contributed by atoms with Crippen molar-refractivity contribution in [3.8, 4) is 0 Å². The van der Waals surface area contributed by atoms with Crippen LogP contribution in [-0.4, -0.2) is 59.6 Å². The van der Waals surface area contributed by atoms with Crippen LogP contribution in [0.3, 0.4) is 0 Å². The van der Waals surface area contributed by atoms with Crippen LogP contribution in [0.1, 0.15) is 26.2 Å². The SMILES string of the molecule is CC(=O)N(CC1CCN(CCO)C1)C1CC1. The molecule has 1 amide bonds. The van der Waals surface area contributed by atoms with Crippen molar-refractivity contribution in [2.45, 2.75) is 32.2 Å². The summed E-state index contributed by atoms with van der Waals surface area (Å²) in [5, 5.41) is 8.88. The van der Waals surface area contributed by atoms with Gasteiger partial charge >= 0.3 is 0 Å². The number of hydrogen-bond donors (Lipinski definition) is 1. The smallest absolute Gasteiger partial charge is 0.219 e. The molecule has 0 bridgehead atoms. The second-order valence-corrected chi connectivity index (χ2v) is 5.08. The molecule has 0 spiro atoms. The first-order valence-electron chi connectivity index (χ1n) is 6.31. The van der Waals surface area contributed by atoms with Crippen LogP contribution in [0.25, 0.3) is 0 Å². The molecule has 4 heteroatoms. The lowest BCUT2D eigenvalue weighted by Crippen LogP contribution is -2.36. The first kappa shape index (κ1) is 11.9. The third-order valence-electron chi connectivity index (χ3n) is 3.63. The summed E-state index contributed by atoms with van der Waals surface area (Å²) in [4.78, 5) is 15.8. The van der Waals surface area contributed by atoms with Crippen LogP contribution in [0, 0.1) is 5.92 Å². The number of hydrogen-bond acceptors (Lipinski definition) is 3. The standard InChI is InChI=1S/C12H22N2O2/c1-10(16)14(12-2-3-12)9-11-4-5-13(8-11)6-7-15/h11-12,15H,2-9H2,1H3. The summed E-state index contributed by atoms with van der Waals surface area (Å²) in [5.74, 6) is 0.833. The van der Waals surface area contributed by atoms with Gasteiger partial charge in [-0.1, -0.05) is 0 Å². The Morgan fingerprint density at radius 2 is 2.19 bits per heavy atom. The molecule has 2 fully saturated rings. The van der Waals surface area contributed by atoms with Crippen molar-refractivity contribution in [2.24, 2.45) is 5.92 Å². The van der Waals surface area contributed by atoms with Gasteiger partial charge in [0.25, 0.3) is 0 Å². The third-order valence-corrected chi connectivity index (χ3v) is 3.63. The van der Waals surface area contributed by atoms with Crippen molar-refractivity contribution in [3.05, 3.63) is 0 Å². The Labute approximate surface area is 97.2 Å². The molecule has 2 rings (SSSR count). The Morgan fingerprint density at radius 1 is 1.44 bits per heavy atom. The van der Waals surface area contributed by atoms with Gasteiger partial charge in [0.1, 0.15) is 0 Å². The number of rotatable bonds is 5. The van der Waals surface area contributed by atoms with Gasteiger partial charge in [0.05, 0.1) is 6.61 Å². The van der Waals surface area contributed by atoms with Crippen molar-refractivity contribution in [3.63, 3.8) is 0 Å². The molecule has 0 radical (unpaired) electrons. The number of amides is 1. The van der Waals surface area contributed by atoms with Crippen LogP contribution in [0.4, 0.5) is 0 Å². The third kappa shape index (κ3) is 2.95. The van der Waals surface area contributed by atoms with Gasteiger partial charge < -0.3 is 14.9 Å². The maximum Gasteiger partial charge on any atom is 0.219 e. The van der Waals surface area contributed by atoms with Crippen molar-refractivity contribution >= 4 is 5.91 Å². The highest BCUT2D eigenvalue weighted by Gasteiger charge is 2.33. The molecule has 92 valence electrons. The van der Waals surface area contributed by atoms with Gasteiger partial charge in [0.15, 0.2) is 0 Å². The molecule has 1 saturated carbocycles. The Balaban J connectivity index is 1.78. The van der Waals surface area contributed by atoms with Gasteiger partial charge in [-0.05, 0) is 31.7 Å². The number of likely N-dealkylation sites (tertiary alicyclic amines) is 1. The molecule has 1 aliphatic heterocycles. The summed E-state index contributed by atoms with van der Waals surface area (Å²) in [7, 11) is 0. The van der Waals surface area contributed by atoms with E-state index < -0.39 is 0 Å². The molecule has 0 aromatic heterocycles. The van der Waals surface area contributed by atoms with E-state index in [0.717, 1.165) is 32.6 Å². The van der Waals surface area contributed by atoms with Crippen LogP contribution in [0.2, 0.25) is 0 Å². The lowest BCUT2D eigenvalue weighted by molar-refractivity contribution is -0.130. The van der Waals surface area contributed by atoms with Gasteiger partial charge in [0.2, 0.25) is 5.91 Å². The second kappa shape index (κ2) is 5.15. The summed E-state index contributed by atoms with van der Waals surface area (Å²) in [6.45, 7) is 5.73. The highest BCUT2D eigenvalue weighted by Crippen LogP contribution is 2.29. The zero-order valence-electron chi connectivity index (χ0n) is 10.1. The molecule has 1 saturated heterocycles. The molecule has 0 aromatic rings. The van der Waals surface area contributed by atoms with Gasteiger partial charge in [-0.25, -0.2) is 0 Å². The van der Waals surface area contributed by atoms with E-state index in [1.807, 2.05) is 4.90 Å². The quantitative estimate of drug-likeness (QED) is 0.734. The zero-order chi connectivity index (χ0) is 11.5. The maximum atomic E-state index is 11.5. The number of aliphatic hydroxyl groups excluding tert-OH is 1. The van der Waals surface area contributed by atoms with Gasteiger partial charge in [-0.15, -0.1) is 0 Å². The fourth-order valence-electron chi connectivity index (χ4n) is 2.61. The van der Waals surface area contributed by atoms with Crippen LogP contribution in [-0.2, 0) is 4.79 Å². The number of carbonyl (C=O) groups excluding carboxylic acids is 1. The minimum Gasteiger partial charge on any atom is -0.395 e. The monoisotopic (exact) mass is 226 g/mol. The zero-order valence-corrected chi connectivity index (χ0v) is 10.1. The predicted molar refractivity (Wildman–Crippen MR) is 62.0 cm³/mol. The van der Waals surface area contributed by atoms with E-state index in [1.165, 1.54) is 12.8 Å². The van der Waals surface area contributed by atoms with E-state index >= 15 is 0 Å². The van der Waals surface area contributed by atoms with Crippen molar-refractivity contribution in [1.29, 1.82) is 0 Å². The van der Waals surface area contributed by atoms with Crippen LogP contribution >= 0.6 is 0 Å². The topological polar surface area (TPSA) is 43.8 Å². The normalized spacial score (nSPS) is 26.0. The van der Waals surface area contributed by atoms with Gasteiger partial charge in [-0.3, -0.25) is 4.79 Å². The van der Waals surface area contributed by atoms with E-state index in [9.17, 15) is 4.79 Å². The molecular weight excluding hydrogens is 204 g/mol. The fraction of sp³-hybridized carbons (Fsp3) is 0.917. The Hall–Kier alpha value is -0.610. The van der Waals surface area contributed by atoms with Gasteiger partial charge in [0, 0.05) is 32.6 Å².